The average Bonchev–Trinajstić information content (AvgIpc) is 2.44. The van der Waals surface area contributed by atoms with E-state index in [4.69, 9.17) is 0 Å². The molecule has 0 aromatic heterocycles. The van der Waals surface area contributed by atoms with E-state index in [0.717, 1.165) is 0 Å². The molecule has 114 valence electrons. The molecular weight excluding hydrogens is 291 g/mol. The van der Waals surface area contributed by atoms with Crippen LogP contribution in [0.1, 0.15) is 25.7 Å². The predicted molar refractivity (Wildman–Crippen MR) is 57.2 cm³/mol. The van der Waals surface area contributed by atoms with Crippen molar-refractivity contribution in [1.29, 1.82) is 0 Å². The minimum Gasteiger partial charge on any atom is -0.280 e. The predicted octanol–water partition coefficient (Wildman–Crippen LogP) is 3.40. The second kappa shape index (κ2) is 7.47. The summed E-state index contributed by atoms with van der Waals surface area (Å²) in [5.41, 5.74) is -1.28. The third-order valence-corrected chi connectivity index (χ3v) is 2.70. The number of hydrogen-bond donors (Lipinski definition) is 1. The van der Waals surface area contributed by atoms with Gasteiger partial charge in [-0.15, -0.1) is 0 Å². The standard InChI is InChI=1S/C12H12F7N/c13-5-3-1-2-4-6(14)20-12-10(18)8(16)7(15)9(17)11(12)19/h6,20H,1-5H2/p+1. The number of unbranched alkanes of at least 4 members (excludes halogenated alkanes) is 2. The highest BCUT2D eigenvalue weighted by atomic mass is 19.2. The van der Waals surface area contributed by atoms with Gasteiger partial charge in [-0.05, 0) is 12.8 Å². The Bertz CT molecular complexity index is 435. The second-order valence-corrected chi connectivity index (χ2v) is 4.20. The molecule has 0 saturated heterocycles. The fourth-order valence-corrected chi connectivity index (χ4v) is 1.64. The van der Waals surface area contributed by atoms with E-state index in [9.17, 15) is 30.7 Å². The van der Waals surface area contributed by atoms with Crippen LogP contribution in [-0.2, 0) is 0 Å². The molecule has 8 heteroatoms. The number of quaternary nitrogens is 1. The molecule has 1 aromatic carbocycles. The summed E-state index contributed by atoms with van der Waals surface area (Å²) >= 11 is 0. The SMILES string of the molecule is FCCCCCC(F)[NH2+]c1c(F)c(F)c(F)c(F)c1F. The van der Waals surface area contributed by atoms with E-state index in [2.05, 4.69) is 0 Å². The first-order valence-corrected chi connectivity index (χ1v) is 5.96. The Morgan fingerprint density at radius 3 is 1.75 bits per heavy atom. The fourth-order valence-electron chi connectivity index (χ4n) is 1.64. The molecule has 0 aliphatic heterocycles. The molecule has 0 saturated carbocycles. The maximum atomic E-state index is 13.4. The summed E-state index contributed by atoms with van der Waals surface area (Å²) in [5, 5.41) is 0.353. The molecule has 1 nitrogen and oxygen atoms in total. The number of alkyl halides is 2. The highest BCUT2D eigenvalue weighted by Crippen LogP contribution is 2.24. The van der Waals surface area contributed by atoms with E-state index in [0.29, 0.717) is 11.7 Å². The Kier molecular flexibility index (Phi) is 6.25. The molecule has 1 aromatic rings. The van der Waals surface area contributed by atoms with Crippen molar-refractivity contribution >= 4 is 5.69 Å². The highest BCUT2D eigenvalue weighted by Gasteiger charge is 2.30. The minimum absolute atomic E-state index is 0.181. The van der Waals surface area contributed by atoms with Gasteiger partial charge >= 0.3 is 0 Å². The van der Waals surface area contributed by atoms with Gasteiger partial charge in [-0.3, -0.25) is 9.71 Å². The highest BCUT2D eigenvalue weighted by molar-refractivity contribution is 5.34. The van der Waals surface area contributed by atoms with Crippen LogP contribution in [0, 0.1) is 29.1 Å². The van der Waals surface area contributed by atoms with Gasteiger partial charge in [-0.2, -0.15) is 13.2 Å². The van der Waals surface area contributed by atoms with Crippen molar-refractivity contribution in [1.82, 2.24) is 0 Å². The van der Waals surface area contributed by atoms with E-state index in [-0.39, 0.29) is 19.3 Å². The van der Waals surface area contributed by atoms with Gasteiger partial charge in [0.15, 0.2) is 0 Å². The lowest BCUT2D eigenvalue weighted by molar-refractivity contribution is -0.642. The monoisotopic (exact) mass is 304 g/mol. The van der Waals surface area contributed by atoms with Gasteiger partial charge < -0.3 is 0 Å². The van der Waals surface area contributed by atoms with Crippen LogP contribution in [0.2, 0.25) is 0 Å². The summed E-state index contributed by atoms with van der Waals surface area (Å²) in [7, 11) is 0. The van der Waals surface area contributed by atoms with Gasteiger partial charge in [0, 0.05) is 6.42 Å². The average molecular weight is 304 g/mol. The molecule has 1 rings (SSSR count). The molecule has 0 amide bonds. The minimum atomic E-state index is -2.28. The van der Waals surface area contributed by atoms with Crippen LogP contribution < -0.4 is 5.32 Å². The number of hydrogen-bond acceptors (Lipinski definition) is 0. The fraction of sp³-hybridized carbons (Fsp3) is 0.500. The van der Waals surface area contributed by atoms with E-state index in [1.54, 1.807) is 0 Å². The summed E-state index contributed by atoms with van der Waals surface area (Å²) in [4.78, 5) is 0. The van der Waals surface area contributed by atoms with Crippen molar-refractivity contribution in [3.05, 3.63) is 29.1 Å². The lowest BCUT2D eigenvalue weighted by Crippen LogP contribution is -2.84. The summed E-state index contributed by atoms with van der Waals surface area (Å²) in [6.45, 7) is -0.557. The van der Waals surface area contributed by atoms with Gasteiger partial charge in [0.2, 0.25) is 41.1 Å². The maximum absolute atomic E-state index is 13.4. The Morgan fingerprint density at radius 1 is 0.750 bits per heavy atom. The smallest absolute Gasteiger partial charge is 0.233 e. The van der Waals surface area contributed by atoms with Crippen LogP contribution in [0.3, 0.4) is 0 Å². The molecule has 0 heterocycles. The second-order valence-electron chi connectivity index (χ2n) is 4.20. The van der Waals surface area contributed by atoms with Gasteiger partial charge in [0.25, 0.3) is 0 Å². The third-order valence-electron chi connectivity index (χ3n) is 2.70. The largest absolute Gasteiger partial charge is 0.280 e. The molecule has 0 radical (unpaired) electrons. The molecule has 0 fully saturated rings. The molecule has 0 spiro atoms. The van der Waals surface area contributed by atoms with Crippen molar-refractivity contribution in [2.45, 2.75) is 32.0 Å². The van der Waals surface area contributed by atoms with Gasteiger partial charge in [-0.25, -0.2) is 13.2 Å². The first kappa shape index (κ1) is 16.7. The Morgan fingerprint density at radius 2 is 1.25 bits per heavy atom. The zero-order valence-electron chi connectivity index (χ0n) is 10.3. The first-order valence-electron chi connectivity index (χ1n) is 5.96. The maximum Gasteiger partial charge on any atom is 0.233 e. The van der Waals surface area contributed by atoms with E-state index in [1.165, 1.54) is 0 Å². The first-order chi connectivity index (χ1) is 9.40. The Balaban J connectivity index is 2.77. The number of benzene rings is 1. The summed E-state index contributed by atoms with van der Waals surface area (Å²) < 4.78 is 90.1. The zero-order chi connectivity index (χ0) is 15.3. The van der Waals surface area contributed by atoms with Gasteiger partial charge in [0.1, 0.15) is 0 Å². The van der Waals surface area contributed by atoms with Gasteiger partial charge in [0.05, 0.1) is 6.67 Å². The quantitative estimate of drug-likeness (QED) is 0.199. The topological polar surface area (TPSA) is 16.6 Å². The molecule has 0 aliphatic carbocycles. The van der Waals surface area contributed by atoms with Crippen LogP contribution >= 0.6 is 0 Å². The van der Waals surface area contributed by atoms with Crippen LogP contribution in [0.4, 0.5) is 36.4 Å². The molecule has 1 unspecified atom stereocenters. The Hall–Kier alpha value is -1.31. The zero-order valence-corrected chi connectivity index (χ0v) is 10.3. The number of rotatable bonds is 7. The lowest BCUT2D eigenvalue weighted by atomic mass is 10.2. The summed E-state index contributed by atoms with van der Waals surface area (Å²) in [6, 6.07) is 0. The molecule has 20 heavy (non-hydrogen) atoms. The molecule has 0 bridgehead atoms. The molecule has 2 N–H and O–H groups in total. The van der Waals surface area contributed by atoms with Crippen molar-refractivity contribution in [2.75, 3.05) is 6.67 Å². The van der Waals surface area contributed by atoms with Crippen molar-refractivity contribution in [3.63, 3.8) is 0 Å². The van der Waals surface area contributed by atoms with Crippen molar-refractivity contribution in [2.24, 2.45) is 0 Å². The number of halogens is 7. The van der Waals surface area contributed by atoms with Crippen molar-refractivity contribution in [3.8, 4) is 0 Å². The number of nitrogens with two attached hydrogens (primary N) is 1. The lowest BCUT2D eigenvalue weighted by Gasteiger charge is -2.09. The molecular formula is C12H13F7N+. The molecule has 0 aliphatic rings. The van der Waals surface area contributed by atoms with Crippen LogP contribution in [0.25, 0.3) is 0 Å². The molecule has 1 atom stereocenters. The van der Waals surface area contributed by atoms with Crippen LogP contribution in [-0.4, -0.2) is 13.0 Å². The Labute approximate surface area is 110 Å². The normalized spacial score (nSPS) is 12.8. The van der Waals surface area contributed by atoms with Gasteiger partial charge in [-0.1, -0.05) is 6.42 Å². The van der Waals surface area contributed by atoms with E-state index >= 15 is 0 Å². The summed E-state index contributed by atoms with van der Waals surface area (Å²) in [6.07, 6.45) is -1.20. The van der Waals surface area contributed by atoms with Crippen molar-refractivity contribution < 1.29 is 36.0 Å². The van der Waals surface area contributed by atoms with Crippen LogP contribution in [0.15, 0.2) is 0 Å². The van der Waals surface area contributed by atoms with E-state index in [1.807, 2.05) is 0 Å². The van der Waals surface area contributed by atoms with E-state index < -0.39 is 47.7 Å². The van der Waals surface area contributed by atoms with Crippen LogP contribution in [0.5, 0.6) is 0 Å². The summed E-state index contributed by atoms with van der Waals surface area (Å²) in [5.74, 6) is -10.6. The third kappa shape index (κ3) is 3.84.